The number of nitrogens with zero attached hydrogens (tertiary/aromatic N) is 1. The van der Waals surface area contributed by atoms with Crippen LogP contribution >= 0.6 is 0 Å². The molecular weight excluding hydrogens is 280 g/mol. The van der Waals surface area contributed by atoms with Crippen molar-refractivity contribution in [1.29, 1.82) is 0 Å². The summed E-state index contributed by atoms with van der Waals surface area (Å²) in [6, 6.07) is 4.12. The number of nitrogens with one attached hydrogen (secondary N) is 3. The van der Waals surface area contributed by atoms with Gasteiger partial charge in [-0.2, -0.15) is 0 Å². The summed E-state index contributed by atoms with van der Waals surface area (Å²) in [6.45, 7) is 2.56. The molecule has 0 aliphatic carbocycles. The lowest BCUT2D eigenvalue weighted by Crippen LogP contribution is -2.30. The normalized spacial score (nSPS) is 20.3. The first-order valence-electron chi connectivity index (χ1n) is 7.88. The standard InChI is InChI=1S/C16H24N4O2/c1-12-14(20-16(22)19-12)5-3-2-4-6-15(21)18-11-13-7-9-17-10-8-13/h7-10,12,14H,2-6,11H2,1H3,(H,18,21)(H2,19,20,22)/t12-,14+/m0/s1. The minimum Gasteiger partial charge on any atom is -0.352 e. The fraction of sp³-hybridized carbons (Fsp3) is 0.562. The van der Waals surface area contributed by atoms with Crippen molar-refractivity contribution < 1.29 is 9.59 Å². The molecule has 1 aromatic rings. The van der Waals surface area contributed by atoms with Gasteiger partial charge in [-0.3, -0.25) is 9.78 Å². The van der Waals surface area contributed by atoms with E-state index < -0.39 is 0 Å². The quantitative estimate of drug-likeness (QED) is 0.639. The number of pyridine rings is 1. The van der Waals surface area contributed by atoms with Crippen molar-refractivity contribution in [2.75, 3.05) is 0 Å². The summed E-state index contributed by atoms with van der Waals surface area (Å²) >= 11 is 0. The van der Waals surface area contributed by atoms with Gasteiger partial charge in [0, 0.05) is 31.4 Å². The third-order valence-electron chi connectivity index (χ3n) is 3.94. The molecule has 0 aromatic carbocycles. The number of hydrogen-bond donors (Lipinski definition) is 3. The van der Waals surface area contributed by atoms with Gasteiger partial charge in [0.05, 0.1) is 6.04 Å². The molecule has 0 unspecified atom stereocenters. The lowest BCUT2D eigenvalue weighted by Gasteiger charge is -2.13. The van der Waals surface area contributed by atoms with E-state index in [1.807, 2.05) is 19.1 Å². The number of aromatic nitrogens is 1. The molecule has 0 bridgehead atoms. The Bertz CT molecular complexity index is 492. The van der Waals surface area contributed by atoms with E-state index >= 15 is 0 Å². The van der Waals surface area contributed by atoms with E-state index in [1.165, 1.54) is 0 Å². The molecule has 22 heavy (non-hydrogen) atoms. The van der Waals surface area contributed by atoms with Gasteiger partial charge in [0.15, 0.2) is 0 Å². The van der Waals surface area contributed by atoms with Crippen LogP contribution < -0.4 is 16.0 Å². The summed E-state index contributed by atoms with van der Waals surface area (Å²) in [5.74, 6) is 0.0843. The maximum absolute atomic E-state index is 11.7. The fourth-order valence-electron chi connectivity index (χ4n) is 2.58. The zero-order valence-electron chi connectivity index (χ0n) is 13.0. The molecule has 1 aliphatic heterocycles. The van der Waals surface area contributed by atoms with Crippen LogP contribution in [0.2, 0.25) is 0 Å². The van der Waals surface area contributed by atoms with Crippen molar-refractivity contribution in [3.05, 3.63) is 30.1 Å². The van der Waals surface area contributed by atoms with E-state index in [0.717, 1.165) is 31.2 Å². The number of carbonyl (C=O) groups is 2. The Kier molecular flexibility index (Phi) is 6.18. The van der Waals surface area contributed by atoms with Crippen LogP contribution in [0.1, 0.15) is 44.6 Å². The molecule has 1 aliphatic rings. The topological polar surface area (TPSA) is 83.1 Å². The van der Waals surface area contributed by atoms with Crippen molar-refractivity contribution in [3.8, 4) is 0 Å². The lowest BCUT2D eigenvalue weighted by atomic mass is 10.0. The minimum atomic E-state index is -0.0759. The largest absolute Gasteiger partial charge is 0.352 e. The first kappa shape index (κ1) is 16.3. The van der Waals surface area contributed by atoms with E-state index in [1.54, 1.807) is 12.4 Å². The Morgan fingerprint density at radius 3 is 2.68 bits per heavy atom. The Labute approximate surface area is 131 Å². The summed E-state index contributed by atoms with van der Waals surface area (Å²) in [5, 5.41) is 8.66. The molecule has 2 atom stereocenters. The van der Waals surface area contributed by atoms with Crippen LogP contribution in [0.15, 0.2) is 24.5 Å². The predicted octanol–water partition coefficient (Wildman–Crippen LogP) is 1.72. The van der Waals surface area contributed by atoms with Crippen LogP contribution in [-0.2, 0) is 11.3 Å². The number of unbranched alkanes of at least 4 members (excludes halogenated alkanes) is 2. The Morgan fingerprint density at radius 2 is 2.00 bits per heavy atom. The molecule has 3 N–H and O–H groups in total. The molecule has 1 fully saturated rings. The highest BCUT2D eigenvalue weighted by molar-refractivity contribution is 5.77. The molecule has 2 heterocycles. The summed E-state index contributed by atoms with van der Waals surface area (Å²) in [5.41, 5.74) is 1.06. The van der Waals surface area contributed by atoms with Gasteiger partial charge in [-0.05, 0) is 37.5 Å². The molecule has 0 saturated carbocycles. The average molecular weight is 304 g/mol. The highest BCUT2D eigenvalue weighted by Crippen LogP contribution is 2.11. The number of urea groups is 1. The molecule has 0 radical (unpaired) electrons. The van der Waals surface area contributed by atoms with Crippen LogP contribution in [0.3, 0.4) is 0 Å². The molecule has 6 nitrogen and oxygen atoms in total. The van der Waals surface area contributed by atoms with Crippen LogP contribution in [0.4, 0.5) is 4.79 Å². The molecule has 120 valence electrons. The number of carbonyl (C=O) groups excluding carboxylic acids is 2. The van der Waals surface area contributed by atoms with Crippen molar-refractivity contribution in [1.82, 2.24) is 20.9 Å². The Hall–Kier alpha value is -2.11. The summed E-state index contributed by atoms with van der Waals surface area (Å²) in [4.78, 5) is 26.8. The number of amides is 3. The summed E-state index contributed by atoms with van der Waals surface area (Å²) in [7, 11) is 0. The van der Waals surface area contributed by atoms with Crippen molar-refractivity contribution in [2.24, 2.45) is 0 Å². The van der Waals surface area contributed by atoms with Crippen LogP contribution in [0, 0.1) is 0 Å². The maximum Gasteiger partial charge on any atom is 0.315 e. The van der Waals surface area contributed by atoms with Gasteiger partial charge in [-0.15, -0.1) is 0 Å². The maximum atomic E-state index is 11.7. The van der Waals surface area contributed by atoms with E-state index in [0.29, 0.717) is 13.0 Å². The molecule has 0 spiro atoms. The number of rotatable bonds is 8. The average Bonchev–Trinajstić information content (AvgIpc) is 2.84. The fourth-order valence-corrected chi connectivity index (χ4v) is 2.58. The van der Waals surface area contributed by atoms with Gasteiger partial charge < -0.3 is 16.0 Å². The van der Waals surface area contributed by atoms with Gasteiger partial charge >= 0.3 is 6.03 Å². The third kappa shape index (κ3) is 5.35. The first-order valence-corrected chi connectivity index (χ1v) is 7.88. The molecular formula is C16H24N4O2. The van der Waals surface area contributed by atoms with Crippen molar-refractivity contribution >= 4 is 11.9 Å². The van der Waals surface area contributed by atoms with Crippen molar-refractivity contribution in [3.63, 3.8) is 0 Å². The summed E-state index contributed by atoms with van der Waals surface area (Å²) < 4.78 is 0. The van der Waals surface area contributed by atoms with Crippen LogP contribution in [-0.4, -0.2) is 29.0 Å². The molecule has 2 rings (SSSR count). The zero-order valence-corrected chi connectivity index (χ0v) is 13.0. The SMILES string of the molecule is C[C@@H]1NC(=O)N[C@@H]1CCCCCC(=O)NCc1ccncc1. The lowest BCUT2D eigenvalue weighted by molar-refractivity contribution is -0.121. The zero-order chi connectivity index (χ0) is 15.8. The van der Waals surface area contributed by atoms with Crippen molar-refractivity contribution in [2.45, 2.75) is 57.7 Å². The molecule has 3 amide bonds. The van der Waals surface area contributed by atoms with Gasteiger partial charge in [0.2, 0.25) is 5.91 Å². The van der Waals surface area contributed by atoms with Crippen LogP contribution in [0.25, 0.3) is 0 Å². The second kappa shape index (κ2) is 8.36. The molecule has 1 saturated heterocycles. The predicted molar refractivity (Wildman–Crippen MR) is 84.1 cm³/mol. The number of hydrogen-bond acceptors (Lipinski definition) is 3. The van der Waals surface area contributed by atoms with E-state index in [9.17, 15) is 9.59 Å². The van der Waals surface area contributed by atoms with Gasteiger partial charge in [0.1, 0.15) is 0 Å². The molecule has 6 heteroatoms. The second-order valence-electron chi connectivity index (χ2n) is 5.74. The van der Waals surface area contributed by atoms with Gasteiger partial charge in [-0.25, -0.2) is 4.79 Å². The summed E-state index contributed by atoms with van der Waals surface area (Å²) in [6.07, 6.45) is 7.85. The first-order chi connectivity index (χ1) is 10.6. The minimum absolute atomic E-state index is 0.0759. The van der Waals surface area contributed by atoms with Gasteiger partial charge in [0.25, 0.3) is 0 Å². The van der Waals surface area contributed by atoms with E-state index in [2.05, 4.69) is 20.9 Å². The van der Waals surface area contributed by atoms with E-state index in [-0.39, 0.29) is 24.0 Å². The van der Waals surface area contributed by atoms with E-state index in [4.69, 9.17) is 0 Å². The van der Waals surface area contributed by atoms with Crippen LogP contribution in [0.5, 0.6) is 0 Å². The highest BCUT2D eigenvalue weighted by atomic mass is 16.2. The Morgan fingerprint density at radius 1 is 1.23 bits per heavy atom. The Balaban J connectivity index is 1.51. The second-order valence-corrected chi connectivity index (χ2v) is 5.74. The third-order valence-corrected chi connectivity index (χ3v) is 3.94. The molecule has 1 aromatic heterocycles. The smallest absolute Gasteiger partial charge is 0.315 e. The highest BCUT2D eigenvalue weighted by Gasteiger charge is 2.26. The van der Waals surface area contributed by atoms with Gasteiger partial charge in [-0.1, -0.05) is 12.8 Å². The monoisotopic (exact) mass is 304 g/mol.